The van der Waals surface area contributed by atoms with Crippen LogP contribution in [-0.2, 0) is 11.8 Å². The van der Waals surface area contributed by atoms with E-state index in [0.717, 1.165) is 0 Å². The van der Waals surface area contributed by atoms with Crippen molar-refractivity contribution in [3.8, 4) is 0 Å². The number of halogens is 42. The van der Waals surface area contributed by atoms with Crippen LogP contribution in [0.1, 0.15) is 35.3 Å². The number of rotatable bonds is 21. The summed E-state index contributed by atoms with van der Waals surface area (Å²) in [6.07, 6.45) is -16.8. The molecule has 0 atom stereocenters. The molecule has 0 radical (unpaired) electrons. The fourth-order valence-corrected chi connectivity index (χ4v) is 5.29. The fraction of sp³-hybridized carbons (Fsp3) is 0.774. The van der Waals surface area contributed by atoms with Gasteiger partial charge in [-0.3, -0.25) is 4.79 Å². The Balaban J connectivity index is 4.52. The predicted molar refractivity (Wildman–Crippen MR) is 153 cm³/mol. The Hall–Kier alpha value is -4.25. The van der Waals surface area contributed by atoms with Crippen LogP contribution in [0.15, 0.2) is 18.2 Å². The molecule has 0 spiro atoms. The molecule has 2 nitrogen and oxygen atoms in total. The first-order valence-electron chi connectivity index (χ1n) is 17.4. The molecule has 44 heteroatoms. The van der Waals surface area contributed by atoms with Crippen molar-refractivity contribution < 1.29 is 189 Å². The van der Waals surface area contributed by atoms with Crippen molar-refractivity contribution in [1.82, 2.24) is 4.90 Å². The molecule has 1 aromatic carbocycles. The van der Waals surface area contributed by atoms with Crippen LogP contribution in [-0.4, -0.2) is 131 Å². The molecule has 442 valence electrons. The van der Waals surface area contributed by atoms with E-state index in [1.165, 1.54) is 0 Å². The summed E-state index contributed by atoms with van der Waals surface area (Å²) in [5.41, 5.74) is -11.8. The van der Waals surface area contributed by atoms with Gasteiger partial charge < -0.3 is 4.90 Å². The summed E-state index contributed by atoms with van der Waals surface area (Å²) in [5.74, 6) is -174. The van der Waals surface area contributed by atoms with E-state index in [-0.39, 0.29) is 4.90 Å². The fourth-order valence-electron chi connectivity index (χ4n) is 5.29. The molecule has 0 aliphatic rings. The van der Waals surface area contributed by atoms with Crippen LogP contribution >= 0.6 is 0 Å². The minimum absolute atomic E-state index is 0.261. The SMILES string of the molecule is CCN(CC)C(=O)c1cc(C(F)(F)C(F)(F)C(F)(F)C(F)(F)C(F)(F)C(F)(F)C(F)(F)C(F)(F)C(F)(F)C(F)(F)F)cc(C(F)(F)C(F)(F)C(F)(F)C(F)(F)C(F)(F)C(F)(F)C(F)(F)C(F)(F)C(F)(F)C(F)(F)F)c1. The topological polar surface area (TPSA) is 20.3 Å². The summed E-state index contributed by atoms with van der Waals surface area (Å²) in [4.78, 5) is 12.5. The Morgan fingerprint density at radius 1 is 0.280 bits per heavy atom. The average molecular weight is 1210 g/mol. The summed E-state index contributed by atoms with van der Waals surface area (Å²) >= 11 is 0. The van der Waals surface area contributed by atoms with Gasteiger partial charge in [0.15, 0.2) is 0 Å². The zero-order valence-corrected chi connectivity index (χ0v) is 33.9. The maximum Gasteiger partial charge on any atom is 0.460 e. The number of amides is 1. The summed E-state index contributed by atoms with van der Waals surface area (Å²) in [5, 5.41) is 0. The second-order valence-electron chi connectivity index (χ2n) is 14.6. The number of carbonyl (C=O) groups excluding carboxylic acids is 1. The minimum Gasteiger partial charge on any atom is -0.339 e. The van der Waals surface area contributed by atoms with E-state index in [1.807, 2.05) is 0 Å². The van der Waals surface area contributed by atoms with E-state index >= 15 is 17.6 Å². The van der Waals surface area contributed by atoms with Crippen molar-refractivity contribution in [2.45, 2.75) is 133 Å². The van der Waals surface area contributed by atoms with Gasteiger partial charge in [0.25, 0.3) is 5.91 Å². The predicted octanol–water partition coefficient (Wildman–Crippen LogP) is 15.6. The van der Waals surface area contributed by atoms with Crippen LogP contribution < -0.4 is 0 Å². The molecule has 0 aromatic heterocycles. The van der Waals surface area contributed by atoms with Crippen molar-refractivity contribution in [3.05, 3.63) is 34.9 Å². The molecule has 1 rings (SSSR count). The van der Waals surface area contributed by atoms with E-state index in [2.05, 4.69) is 0 Å². The van der Waals surface area contributed by atoms with Gasteiger partial charge in [-0.05, 0) is 32.0 Å². The minimum atomic E-state index is -9.95. The van der Waals surface area contributed by atoms with E-state index < -0.39 is 173 Å². The Labute approximate surface area is 381 Å². The number of hydrogen-bond donors (Lipinski definition) is 0. The van der Waals surface area contributed by atoms with Crippen LogP contribution in [0, 0.1) is 0 Å². The monoisotopic (exact) mass is 1210 g/mol. The molecule has 0 heterocycles. The lowest BCUT2D eigenvalue weighted by Gasteiger charge is -2.45. The molecular formula is C31H13F42NO. The van der Waals surface area contributed by atoms with E-state index in [1.54, 1.807) is 0 Å². The van der Waals surface area contributed by atoms with Gasteiger partial charge in [0.05, 0.1) is 0 Å². The normalized spacial score (nSPS) is 16.4. The second kappa shape index (κ2) is 17.9. The average Bonchev–Trinajstić information content (AvgIpc) is 3.21. The molecule has 0 saturated heterocycles. The first-order chi connectivity index (χ1) is 32.0. The second-order valence-corrected chi connectivity index (χ2v) is 14.6. The Morgan fingerprint density at radius 3 is 0.600 bits per heavy atom. The van der Waals surface area contributed by atoms with Crippen molar-refractivity contribution in [1.29, 1.82) is 0 Å². The first-order valence-corrected chi connectivity index (χ1v) is 17.4. The number of hydrogen-bond acceptors (Lipinski definition) is 1. The third kappa shape index (κ3) is 8.53. The van der Waals surface area contributed by atoms with Crippen LogP contribution in [0.25, 0.3) is 0 Å². The molecular weight excluding hydrogens is 1200 g/mol. The number of carbonyl (C=O) groups is 1. The Morgan fingerprint density at radius 2 is 0.440 bits per heavy atom. The maximum atomic E-state index is 15.4. The number of alkyl halides is 42. The van der Waals surface area contributed by atoms with Crippen LogP contribution in [0.3, 0.4) is 0 Å². The van der Waals surface area contributed by atoms with Gasteiger partial charge >= 0.3 is 119 Å². The van der Waals surface area contributed by atoms with Crippen molar-refractivity contribution in [2.75, 3.05) is 13.1 Å². The quantitative estimate of drug-likeness (QED) is 0.112. The zero-order chi connectivity index (χ0) is 61.4. The molecule has 1 aromatic rings. The third-order valence-corrected chi connectivity index (χ3v) is 9.98. The van der Waals surface area contributed by atoms with E-state index in [0.29, 0.717) is 13.8 Å². The highest BCUT2D eigenvalue weighted by Gasteiger charge is 3.00. The van der Waals surface area contributed by atoms with Crippen LogP contribution in [0.2, 0.25) is 0 Å². The lowest BCUT2D eigenvalue weighted by molar-refractivity contribution is -0.475. The van der Waals surface area contributed by atoms with Gasteiger partial charge in [0.2, 0.25) is 0 Å². The zero-order valence-electron chi connectivity index (χ0n) is 33.9. The van der Waals surface area contributed by atoms with Gasteiger partial charge in [-0.1, -0.05) is 0 Å². The molecule has 1 amide bonds. The maximum absolute atomic E-state index is 15.4. The standard InChI is InChI=1S/C31H13F42NO/c1-3-74(4-2)11(75)8-5-9(12(32,33)14(36,37)16(40,41)18(44,45)20(48,49)22(52,53)24(56,57)26(60,61)28(64,65)30(68,69)70)7-10(6-8)13(34,35)15(38,39)17(42,43)19(46,47)21(50,51)23(54,55)25(58,59)27(62,63)29(66,67)31(71,72)73/h5-7H,3-4H2,1-2H3. The van der Waals surface area contributed by atoms with Crippen molar-refractivity contribution in [3.63, 3.8) is 0 Å². The molecule has 0 bridgehead atoms. The van der Waals surface area contributed by atoms with E-state index in [9.17, 15) is 172 Å². The summed E-state index contributed by atoms with van der Waals surface area (Å²) < 4.78 is 587. The van der Waals surface area contributed by atoms with Crippen molar-refractivity contribution >= 4 is 5.91 Å². The lowest BCUT2D eigenvalue weighted by atomic mass is 9.83. The summed E-state index contributed by atoms with van der Waals surface area (Å²) in [6.45, 7) is -1.26. The molecule has 75 heavy (non-hydrogen) atoms. The first kappa shape index (κ1) is 68.8. The highest BCUT2D eigenvalue weighted by Crippen LogP contribution is 2.70. The van der Waals surface area contributed by atoms with Gasteiger partial charge in [-0.15, -0.1) is 0 Å². The molecule has 0 fully saturated rings. The summed E-state index contributed by atoms with van der Waals surface area (Å²) in [6, 6.07) is -5.91. The van der Waals surface area contributed by atoms with Gasteiger partial charge in [-0.2, -0.15) is 184 Å². The molecule has 0 saturated carbocycles. The smallest absolute Gasteiger partial charge is 0.339 e. The molecule has 0 aliphatic heterocycles. The highest BCUT2D eigenvalue weighted by molar-refractivity contribution is 5.94. The number of benzene rings is 1. The lowest BCUT2D eigenvalue weighted by Crippen LogP contribution is -2.76. The highest BCUT2D eigenvalue weighted by atomic mass is 19.5. The van der Waals surface area contributed by atoms with Crippen molar-refractivity contribution in [2.24, 2.45) is 0 Å². The van der Waals surface area contributed by atoms with Gasteiger partial charge in [-0.25, -0.2) is 0 Å². The molecule has 0 unspecified atom stereocenters. The van der Waals surface area contributed by atoms with Gasteiger partial charge in [0.1, 0.15) is 0 Å². The third-order valence-electron chi connectivity index (χ3n) is 9.98. The van der Waals surface area contributed by atoms with E-state index in [4.69, 9.17) is 0 Å². The van der Waals surface area contributed by atoms with Crippen LogP contribution in [0.4, 0.5) is 184 Å². The Bertz CT molecular complexity index is 2100. The summed E-state index contributed by atoms with van der Waals surface area (Å²) in [7, 11) is 0. The van der Waals surface area contributed by atoms with Gasteiger partial charge in [0, 0.05) is 29.8 Å². The Kier molecular flexibility index (Phi) is 16.4. The number of nitrogens with zero attached hydrogens (tertiary/aromatic N) is 1. The largest absolute Gasteiger partial charge is 0.460 e. The molecule has 0 N–H and O–H groups in total. The molecule has 0 aliphatic carbocycles. The van der Waals surface area contributed by atoms with Crippen LogP contribution in [0.5, 0.6) is 0 Å².